The van der Waals surface area contributed by atoms with Gasteiger partial charge in [0.05, 0.1) is 24.8 Å². The molecule has 8 nitrogen and oxygen atoms in total. The van der Waals surface area contributed by atoms with Gasteiger partial charge in [-0.3, -0.25) is 14.7 Å². The number of nitrogens with one attached hydrogen (secondary N) is 2. The van der Waals surface area contributed by atoms with Crippen LogP contribution in [0.3, 0.4) is 0 Å². The predicted octanol–water partition coefficient (Wildman–Crippen LogP) is 0.0139. The highest BCUT2D eigenvalue weighted by molar-refractivity contribution is 5.80. The van der Waals surface area contributed by atoms with Crippen LogP contribution in [-0.2, 0) is 16.1 Å². The molecule has 0 atom stereocenters. The lowest BCUT2D eigenvalue weighted by molar-refractivity contribution is -0.122. The van der Waals surface area contributed by atoms with E-state index in [1.54, 1.807) is 14.2 Å². The number of piperazine rings is 1. The summed E-state index contributed by atoms with van der Waals surface area (Å²) in [6.07, 6.45) is 0. The summed E-state index contributed by atoms with van der Waals surface area (Å²) in [5.41, 5.74) is 1.76. The van der Waals surface area contributed by atoms with E-state index >= 15 is 0 Å². The monoisotopic (exact) mass is 372 g/mol. The zero-order valence-electron chi connectivity index (χ0n) is 16.1. The molecule has 0 unspecified atom stereocenters. The van der Waals surface area contributed by atoms with Crippen molar-refractivity contribution in [2.45, 2.75) is 6.54 Å². The summed E-state index contributed by atoms with van der Waals surface area (Å²) >= 11 is 0. The first-order chi connectivity index (χ1) is 13.2. The van der Waals surface area contributed by atoms with E-state index in [9.17, 15) is 4.79 Å². The Balaban J connectivity index is 1.74. The first-order valence-corrected chi connectivity index (χ1v) is 9.09. The van der Waals surface area contributed by atoms with Crippen molar-refractivity contribution in [3.63, 3.8) is 0 Å². The topological polar surface area (TPSA) is 93.0 Å². The number of nitrogens with zero attached hydrogens (tertiary/aromatic N) is 4. The summed E-state index contributed by atoms with van der Waals surface area (Å²) in [6, 6.07) is 9.64. The van der Waals surface area contributed by atoms with Crippen LogP contribution in [0.15, 0.2) is 29.3 Å². The number of hydrogen-bond donors (Lipinski definition) is 2. The summed E-state index contributed by atoms with van der Waals surface area (Å²) in [5.74, 6) is 0.882. The molecule has 1 aromatic rings. The Morgan fingerprint density at radius 1 is 1.22 bits per heavy atom. The van der Waals surface area contributed by atoms with Crippen molar-refractivity contribution in [2.75, 3.05) is 60.0 Å². The molecule has 0 aromatic heterocycles. The number of methoxy groups -OCH3 is 1. The molecule has 1 fully saturated rings. The highest BCUT2D eigenvalue weighted by atomic mass is 16.5. The molecule has 1 amide bonds. The van der Waals surface area contributed by atoms with Crippen LogP contribution < -0.4 is 10.6 Å². The largest absolute Gasteiger partial charge is 0.383 e. The average Bonchev–Trinajstić information content (AvgIpc) is 2.70. The molecule has 1 aliphatic heterocycles. The van der Waals surface area contributed by atoms with Gasteiger partial charge >= 0.3 is 0 Å². The van der Waals surface area contributed by atoms with Gasteiger partial charge in [-0.25, -0.2) is 0 Å². The van der Waals surface area contributed by atoms with E-state index in [0.29, 0.717) is 31.8 Å². The molecule has 27 heavy (non-hydrogen) atoms. The molecule has 2 rings (SSSR count). The van der Waals surface area contributed by atoms with Crippen molar-refractivity contribution in [3.8, 4) is 6.07 Å². The Morgan fingerprint density at radius 2 is 1.93 bits per heavy atom. The van der Waals surface area contributed by atoms with E-state index in [2.05, 4.69) is 31.5 Å². The summed E-state index contributed by atoms with van der Waals surface area (Å²) < 4.78 is 4.93. The number of aliphatic imine (C=N–C) groups is 1. The smallest absolute Gasteiger partial charge is 0.234 e. The molecule has 2 N–H and O–H groups in total. The number of rotatable bonds is 7. The van der Waals surface area contributed by atoms with Crippen LogP contribution in [0.2, 0.25) is 0 Å². The highest BCUT2D eigenvalue weighted by Crippen LogP contribution is 2.05. The van der Waals surface area contributed by atoms with E-state index in [1.165, 1.54) is 0 Å². The molecule has 0 spiro atoms. The van der Waals surface area contributed by atoms with Gasteiger partial charge in [-0.05, 0) is 17.7 Å². The number of benzene rings is 1. The van der Waals surface area contributed by atoms with Crippen molar-refractivity contribution in [1.29, 1.82) is 5.26 Å². The molecule has 1 heterocycles. The Morgan fingerprint density at radius 3 is 2.52 bits per heavy atom. The fourth-order valence-corrected chi connectivity index (χ4v) is 2.88. The molecule has 1 aromatic carbocycles. The van der Waals surface area contributed by atoms with Crippen molar-refractivity contribution < 1.29 is 9.53 Å². The van der Waals surface area contributed by atoms with Crippen LogP contribution >= 0.6 is 0 Å². The van der Waals surface area contributed by atoms with E-state index in [4.69, 9.17) is 10.00 Å². The third-order valence-electron chi connectivity index (χ3n) is 4.41. The number of amides is 1. The van der Waals surface area contributed by atoms with Crippen LogP contribution in [0, 0.1) is 11.3 Å². The third kappa shape index (κ3) is 6.89. The van der Waals surface area contributed by atoms with Gasteiger partial charge < -0.3 is 20.3 Å². The van der Waals surface area contributed by atoms with Gasteiger partial charge in [0, 0.05) is 53.4 Å². The van der Waals surface area contributed by atoms with Gasteiger partial charge in [0.1, 0.15) is 0 Å². The molecular weight excluding hydrogens is 344 g/mol. The Kier molecular flexibility index (Phi) is 8.55. The number of nitriles is 1. The molecule has 0 bridgehead atoms. The van der Waals surface area contributed by atoms with Crippen LogP contribution in [0.4, 0.5) is 0 Å². The predicted molar refractivity (Wildman–Crippen MR) is 104 cm³/mol. The highest BCUT2D eigenvalue weighted by Gasteiger charge is 2.20. The third-order valence-corrected chi connectivity index (χ3v) is 4.41. The van der Waals surface area contributed by atoms with Gasteiger partial charge in [0.25, 0.3) is 0 Å². The Hall–Kier alpha value is -2.63. The van der Waals surface area contributed by atoms with Gasteiger partial charge in [-0.15, -0.1) is 0 Å². The van der Waals surface area contributed by atoms with Crippen molar-refractivity contribution in [1.82, 2.24) is 20.4 Å². The minimum Gasteiger partial charge on any atom is -0.383 e. The SMILES string of the molecule is CN=C(NCc1ccc(C#N)cc1)N1CCN(CC(=O)NCCOC)CC1. The second-order valence-electron chi connectivity index (χ2n) is 6.32. The van der Waals surface area contributed by atoms with E-state index in [1.807, 2.05) is 24.3 Å². The lowest BCUT2D eigenvalue weighted by Crippen LogP contribution is -2.54. The lowest BCUT2D eigenvalue weighted by atomic mass is 10.1. The number of guanidine groups is 1. The number of hydrogen-bond acceptors (Lipinski definition) is 5. The maximum absolute atomic E-state index is 11.9. The molecule has 0 aliphatic carbocycles. The van der Waals surface area contributed by atoms with Crippen LogP contribution in [0.25, 0.3) is 0 Å². The van der Waals surface area contributed by atoms with Crippen LogP contribution in [-0.4, -0.2) is 81.7 Å². The number of carbonyl (C=O) groups is 1. The molecule has 8 heteroatoms. The summed E-state index contributed by atoms with van der Waals surface area (Å²) in [7, 11) is 3.39. The first kappa shape index (κ1) is 20.7. The maximum Gasteiger partial charge on any atom is 0.234 e. The molecule has 0 saturated carbocycles. The second kappa shape index (κ2) is 11.2. The minimum atomic E-state index is 0.0313. The quantitative estimate of drug-likeness (QED) is 0.398. The first-order valence-electron chi connectivity index (χ1n) is 9.09. The Bertz CT molecular complexity index is 660. The standard InChI is InChI=1S/C19H28N6O2/c1-21-19(23-14-17-5-3-16(13-20)4-6-17)25-10-8-24(9-11-25)15-18(26)22-7-12-27-2/h3-6H,7-12,14-15H2,1-2H3,(H,21,23)(H,22,26). The van der Waals surface area contributed by atoms with Gasteiger partial charge in [0.15, 0.2) is 5.96 Å². The summed E-state index contributed by atoms with van der Waals surface area (Å²) in [4.78, 5) is 20.6. The van der Waals surface area contributed by atoms with Crippen molar-refractivity contribution in [2.24, 2.45) is 4.99 Å². The van der Waals surface area contributed by atoms with Crippen LogP contribution in [0.5, 0.6) is 0 Å². The molecule has 1 aliphatic rings. The number of ether oxygens (including phenoxy) is 1. The van der Waals surface area contributed by atoms with E-state index < -0.39 is 0 Å². The maximum atomic E-state index is 11.9. The summed E-state index contributed by atoms with van der Waals surface area (Å²) in [5, 5.41) is 15.1. The van der Waals surface area contributed by atoms with Gasteiger partial charge in [-0.2, -0.15) is 5.26 Å². The minimum absolute atomic E-state index is 0.0313. The normalized spacial score (nSPS) is 15.3. The van der Waals surface area contributed by atoms with Crippen LogP contribution in [0.1, 0.15) is 11.1 Å². The van der Waals surface area contributed by atoms with Gasteiger partial charge in [-0.1, -0.05) is 12.1 Å². The molecule has 1 saturated heterocycles. The lowest BCUT2D eigenvalue weighted by Gasteiger charge is -2.36. The van der Waals surface area contributed by atoms with Gasteiger partial charge in [0.2, 0.25) is 5.91 Å². The second-order valence-corrected chi connectivity index (χ2v) is 6.32. The zero-order chi connectivity index (χ0) is 19.5. The molecular formula is C19H28N6O2. The average molecular weight is 372 g/mol. The van der Waals surface area contributed by atoms with Crippen molar-refractivity contribution in [3.05, 3.63) is 35.4 Å². The van der Waals surface area contributed by atoms with E-state index in [0.717, 1.165) is 37.7 Å². The molecule has 146 valence electrons. The fraction of sp³-hybridized carbons (Fsp3) is 0.526. The van der Waals surface area contributed by atoms with Crippen molar-refractivity contribution >= 4 is 11.9 Å². The molecule has 0 radical (unpaired) electrons. The van der Waals surface area contributed by atoms with E-state index in [-0.39, 0.29) is 5.91 Å². The zero-order valence-corrected chi connectivity index (χ0v) is 16.1. The summed E-state index contributed by atoms with van der Waals surface area (Å²) in [6.45, 7) is 5.40. The number of carbonyl (C=O) groups excluding carboxylic acids is 1. The fourth-order valence-electron chi connectivity index (χ4n) is 2.88. The Labute approximate surface area is 160 Å².